The first-order valence-electron chi connectivity index (χ1n) is 9.83. The molecule has 2 aliphatic heterocycles. The van der Waals surface area contributed by atoms with Gasteiger partial charge in [-0.05, 0) is 29.2 Å². The van der Waals surface area contributed by atoms with Gasteiger partial charge < -0.3 is 14.8 Å². The number of hydrogen-bond acceptors (Lipinski definition) is 2. The Morgan fingerprint density at radius 2 is 1.82 bits per heavy atom. The van der Waals surface area contributed by atoms with E-state index in [9.17, 15) is 9.59 Å². The lowest BCUT2D eigenvalue weighted by molar-refractivity contribution is -0.157. The van der Waals surface area contributed by atoms with Gasteiger partial charge in [0.1, 0.15) is 6.04 Å². The quantitative estimate of drug-likeness (QED) is 0.751. The maximum atomic E-state index is 13.0. The van der Waals surface area contributed by atoms with Crippen LogP contribution >= 0.6 is 0 Å². The lowest BCUT2D eigenvalue weighted by Gasteiger charge is -2.46. The molecule has 0 bridgehead atoms. The second-order valence-corrected chi connectivity index (χ2v) is 7.78. The molecule has 28 heavy (non-hydrogen) atoms. The Kier molecular flexibility index (Phi) is 3.79. The van der Waals surface area contributed by atoms with Crippen LogP contribution in [0.4, 0.5) is 0 Å². The van der Waals surface area contributed by atoms with Crippen LogP contribution in [0.5, 0.6) is 0 Å². The number of fused-ring (bicyclic) bond motifs is 4. The third kappa shape index (κ3) is 2.39. The average molecular weight is 373 g/mol. The summed E-state index contributed by atoms with van der Waals surface area (Å²) in [5, 5.41) is 1.14. The summed E-state index contributed by atoms with van der Waals surface area (Å²) in [6, 6.07) is 15.9. The topological polar surface area (TPSA) is 56.4 Å². The zero-order valence-corrected chi connectivity index (χ0v) is 16.1. The van der Waals surface area contributed by atoms with E-state index in [2.05, 4.69) is 48.3 Å². The molecular formula is C23H23N3O2. The van der Waals surface area contributed by atoms with E-state index >= 15 is 0 Å². The SMILES string of the molecule is CCc1ccc([C@H]2c3[nH]c4ccccc4c3C[C@@H]3C(=O)N(C)CC(=O)N23)cc1. The van der Waals surface area contributed by atoms with Crippen LogP contribution in [0.25, 0.3) is 10.9 Å². The molecule has 5 heteroatoms. The number of H-pyrrole nitrogens is 1. The largest absolute Gasteiger partial charge is 0.356 e. The molecule has 2 atom stereocenters. The Balaban J connectivity index is 1.73. The molecule has 2 aromatic carbocycles. The number of carbonyl (C=O) groups is 2. The molecule has 1 saturated heterocycles. The number of hydrogen-bond donors (Lipinski definition) is 1. The molecule has 3 aromatic rings. The molecular weight excluding hydrogens is 350 g/mol. The number of aryl methyl sites for hydroxylation is 1. The molecule has 3 heterocycles. The summed E-state index contributed by atoms with van der Waals surface area (Å²) < 4.78 is 0. The van der Waals surface area contributed by atoms with Crippen molar-refractivity contribution in [2.75, 3.05) is 13.6 Å². The van der Waals surface area contributed by atoms with Crippen LogP contribution in [0.15, 0.2) is 48.5 Å². The van der Waals surface area contributed by atoms with Crippen molar-refractivity contribution in [3.63, 3.8) is 0 Å². The van der Waals surface area contributed by atoms with Gasteiger partial charge in [0.25, 0.3) is 0 Å². The van der Waals surface area contributed by atoms with Gasteiger partial charge in [0.15, 0.2) is 0 Å². The summed E-state index contributed by atoms with van der Waals surface area (Å²) in [6.07, 6.45) is 1.52. The van der Waals surface area contributed by atoms with Gasteiger partial charge in [-0.15, -0.1) is 0 Å². The third-order valence-corrected chi connectivity index (χ3v) is 6.16. The van der Waals surface area contributed by atoms with Crippen molar-refractivity contribution in [1.29, 1.82) is 0 Å². The fourth-order valence-electron chi connectivity index (χ4n) is 4.69. The number of amides is 2. The molecule has 2 aliphatic rings. The standard InChI is InChI=1S/C23H23N3O2/c1-3-14-8-10-15(11-9-14)22-21-17(16-6-4-5-7-18(16)24-21)12-19-23(28)25(2)13-20(27)26(19)22/h4-11,19,22,24H,3,12-13H2,1-2H3/t19-,22+/m1/s1. The predicted octanol–water partition coefficient (Wildman–Crippen LogP) is 3.05. The average Bonchev–Trinajstić information content (AvgIpc) is 3.09. The van der Waals surface area contributed by atoms with Crippen LogP contribution in [-0.4, -0.2) is 46.2 Å². The Morgan fingerprint density at radius 3 is 2.57 bits per heavy atom. The number of carbonyl (C=O) groups excluding carboxylic acids is 2. The van der Waals surface area contributed by atoms with E-state index in [-0.39, 0.29) is 24.4 Å². The summed E-state index contributed by atoms with van der Waals surface area (Å²) in [5.74, 6) is 0.0201. The Hall–Kier alpha value is -3.08. The summed E-state index contributed by atoms with van der Waals surface area (Å²) >= 11 is 0. The van der Waals surface area contributed by atoms with Gasteiger partial charge in [0, 0.05) is 30.1 Å². The zero-order chi connectivity index (χ0) is 19.4. The second kappa shape index (κ2) is 6.23. The van der Waals surface area contributed by atoms with E-state index in [0.717, 1.165) is 34.1 Å². The molecule has 1 aromatic heterocycles. The van der Waals surface area contributed by atoms with Crippen LogP contribution in [0, 0.1) is 0 Å². The molecule has 0 aliphatic carbocycles. The van der Waals surface area contributed by atoms with Gasteiger partial charge in [-0.3, -0.25) is 9.59 Å². The minimum atomic E-state index is -0.450. The number of likely N-dealkylation sites (N-methyl/N-ethyl adjacent to an activating group) is 1. The number of rotatable bonds is 2. The maximum Gasteiger partial charge on any atom is 0.245 e. The molecule has 142 valence electrons. The highest BCUT2D eigenvalue weighted by Crippen LogP contribution is 2.42. The van der Waals surface area contributed by atoms with Crippen molar-refractivity contribution in [3.05, 3.63) is 70.9 Å². The summed E-state index contributed by atoms with van der Waals surface area (Å²) in [5.41, 5.74) is 5.54. The normalized spacial score (nSPS) is 21.8. The Labute approximate surface area is 163 Å². The van der Waals surface area contributed by atoms with Crippen molar-refractivity contribution in [1.82, 2.24) is 14.8 Å². The number of benzene rings is 2. The van der Waals surface area contributed by atoms with Gasteiger partial charge in [-0.2, -0.15) is 0 Å². The number of nitrogens with one attached hydrogen (secondary N) is 1. The first-order valence-corrected chi connectivity index (χ1v) is 9.83. The Bertz CT molecular complexity index is 1080. The number of para-hydroxylation sites is 1. The van der Waals surface area contributed by atoms with E-state index in [1.807, 2.05) is 12.1 Å². The first-order chi connectivity index (χ1) is 13.6. The van der Waals surface area contributed by atoms with Crippen LogP contribution in [0.1, 0.15) is 35.3 Å². The van der Waals surface area contributed by atoms with Gasteiger partial charge in [-0.1, -0.05) is 49.4 Å². The van der Waals surface area contributed by atoms with Gasteiger partial charge in [-0.25, -0.2) is 0 Å². The van der Waals surface area contributed by atoms with Gasteiger partial charge in [0.05, 0.1) is 12.6 Å². The molecule has 1 fully saturated rings. The molecule has 5 rings (SSSR count). The van der Waals surface area contributed by atoms with E-state index in [0.29, 0.717) is 6.42 Å². The fraction of sp³-hybridized carbons (Fsp3) is 0.304. The molecule has 5 nitrogen and oxygen atoms in total. The second-order valence-electron chi connectivity index (χ2n) is 7.78. The van der Waals surface area contributed by atoms with Crippen LogP contribution in [0.2, 0.25) is 0 Å². The highest BCUT2D eigenvalue weighted by atomic mass is 16.2. The van der Waals surface area contributed by atoms with Crippen LogP contribution in [-0.2, 0) is 22.4 Å². The number of nitrogens with zero attached hydrogens (tertiary/aromatic N) is 2. The van der Waals surface area contributed by atoms with Crippen molar-refractivity contribution >= 4 is 22.7 Å². The first kappa shape index (κ1) is 17.0. The Morgan fingerprint density at radius 1 is 1.07 bits per heavy atom. The highest BCUT2D eigenvalue weighted by molar-refractivity contribution is 5.97. The molecule has 0 saturated carbocycles. The highest BCUT2D eigenvalue weighted by Gasteiger charge is 2.47. The minimum absolute atomic E-state index is 0.000902. The van der Waals surface area contributed by atoms with Crippen molar-refractivity contribution in [2.45, 2.75) is 31.8 Å². The molecule has 2 amide bonds. The smallest absolute Gasteiger partial charge is 0.245 e. The molecule has 1 N–H and O–H groups in total. The lowest BCUT2D eigenvalue weighted by atomic mass is 9.86. The summed E-state index contributed by atoms with van der Waals surface area (Å²) in [7, 11) is 1.72. The van der Waals surface area contributed by atoms with Gasteiger partial charge >= 0.3 is 0 Å². The summed E-state index contributed by atoms with van der Waals surface area (Å²) in [6.45, 7) is 2.26. The zero-order valence-electron chi connectivity index (χ0n) is 16.1. The van der Waals surface area contributed by atoms with E-state index < -0.39 is 6.04 Å². The molecule has 0 unspecified atom stereocenters. The van der Waals surface area contributed by atoms with Crippen LogP contribution in [0.3, 0.4) is 0 Å². The monoisotopic (exact) mass is 373 g/mol. The van der Waals surface area contributed by atoms with Crippen LogP contribution < -0.4 is 0 Å². The van der Waals surface area contributed by atoms with E-state index in [1.165, 1.54) is 5.56 Å². The number of aromatic nitrogens is 1. The number of aromatic amines is 1. The predicted molar refractivity (Wildman–Crippen MR) is 108 cm³/mol. The van der Waals surface area contributed by atoms with Crippen molar-refractivity contribution in [3.8, 4) is 0 Å². The maximum absolute atomic E-state index is 13.0. The molecule has 0 spiro atoms. The summed E-state index contributed by atoms with van der Waals surface area (Å²) in [4.78, 5) is 32.9. The minimum Gasteiger partial charge on any atom is -0.356 e. The van der Waals surface area contributed by atoms with E-state index in [1.54, 1.807) is 16.8 Å². The number of piperazine rings is 1. The third-order valence-electron chi connectivity index (χ3n) is 6.16. The van der Waals surface area contributed by atoms with Crippen molar-refractivity contribution in [2.24, 2.45) is 0 Å². The van der Waals surface area contributed by atoms with E-state index in [4.69, 9.17) is 0 Å². The van der Waals surface area contributed by atoms with Gasteiger partial charge in [0.2, 0.25) is 11.8 Å². The van der Waals surface area contributed by atoms with Crippen molar-refractivity contribution < 1.29 is 9.59 Å². The fourth-order valence-corrected chi connectivity index (χ4v) is 4.69. The molecule has 0 radical (unpaired) electrons. The lowest BCUT2D eigenvalue weighted by Crippen LogP contribution is -2.62.